The Labute approximate surface area is 99.0 Å². The summed E-state index contributed by atoms with van der Waals surface area (Å²) >= 11 is 0. The van der Waals surface area contributed by atoms with Crippen molar-refractivity contribution < 1.29 is 0 Å². The first-order valence-corrected chi connectivity index (χ1v) is 6.56. The van der Waals surface area contributed by atoms with Crippen LogP contribution in [-0.4, -0.2) is 6.54 Å². The summed E-state index contributed by atoms with van der Waals surface area (Å²) in [6, 6.07) is 9.13. The molecule has 0 unspecified atom stereocenters. The van der Waals surface area contributed by atoms with Crippen LogP contribution in [0.4, 0.5) is 0 Å². The first kappa shape index (κ1) is 11.7. The molecule has 2 rings (SSSR count). The van der Waals surface area contributed by atoms with Gasteiger partial charge in [0.05, 0.1) is 0 Å². The number of rotatable bonds is 5. The molecule has 0 amide bonds. The van der Waals surface area contributed by atoms with Crippen LogP contribution in [-0.2, 0) is 5.41 Å². The quantitative estimate of drug-likeness (QED) is 0.801. The van der Waals surface area contributed by atoms with E-state index in [1.165, 1.54) is 36.8 Å². The predicted octanol–water partition coefficient (Wildman–Crippen LogP) is 3.58. The molecule has 1 aromatic rings. The molecular weight excluding hydrogens is 194 g/mol. The molecule has 1 aromatic carbocycles. The lowest BCUT2D eigenvalue weighted by Crippen LogP contribution is -2.19. The van der Waals surface area contributed by atoms with E-state index < -0.39 is 0 Å². The zero-order chi connectivity index (χ0) is 11.6. The molecule has 88 valence electrons. The molecule has 1 nitrogen and oxygen atoms in total. The normalized spacial score (nSPS) is 17.8. The third-order valence-electron chi connectivity index (χ3n) is 4.20. The molecule has 0 radical (unpaired) electrons. The van der Waals surface area contributed by atoms with E-state index in [1.807, 2.05) is 0 Å². The van der Waals surface area contributed by atoms with E-state index in [2.05, 4.69) is 38.1 Å². The maximum Gasteiger partial charge on any atom is 0.00763 e. The van der Waals surface area contributed by atoms with Gasteiger partial charge in [-0.2, -0.15) is 0 Å². The van der Waals surface area contributed by atoms with E-state index in [0.717, 1.165) is 6.54 Å². The summed E-state index contributed by atoms with van der Waals surface area (Å²) in [5, 5.41) is 0. The fraction of sp³-hybridized carbons (Fsp3) is 0.600. The van der Waals surface area contributed by atoms with Gasteiger partial charge in [0, 0.05) is 12.0 Å². The highest BCUT2D eigenvalue weighted by molar-refractivity contribution is 5.36. The van der Waals surface area contributed by atoms with Crippen molar-refractivity contribution in [1.82, 2.24) is 0 Å². The van der Waals surface area contributed by atoms with E-state index in [1.54, 1.807) is 0 Å². The Bertz CT molecular complexity index is 348. The third-order valence-corrected chi connectivity index (χ3v) is 4.20. The molecule has 1 aliphatic rings. The van der Waals surface area contributed by atoms with Crippen LogP contribution in [0.2, 0.25) is 0 Å². The Morgan fingerprint density at radius 2 is 1.94 bits per heavy atom. The van der Waals surface area contributed by atoms with Gasteiger partial charge in [-0.25, -0.2) is 0 Å². The third kappa shape index (κ3) is 2.01. The Hall–Kier alpha value is -0.820. The first-order valence-electron chi connectivity index (χ1n) is 6.56. The summed E-state index contributed by atoms with van der Waals surface area (Å²) in [5.41, 5.74) is 9.20. The molecule has 0 atom stereocenters. The zero-order valence-electron chi connectivity index (χ0n) is 10.5. The minimum atomic E-state index is 0.335. The van der Waals surface area contributed by atoms with Gasteiger partial charge in [0.2, 0.25) is 0 Å². The number of hydrogen-bond donors (Lipinski definition) is 1. The molecule has 0 aromatic heterocycles. The van der Waals surface area contributed by atoms with Crippen molar-refractivity contribution in [2.24, 2.45) is 5.73 Å². The van der Waals surface area contributed by atoms with Crippen molar-refractivity contribution in [2.75, 3.05) is 6.54 Å². The molecule has 0 heterocycles. The SMILES string of the molecule is CCC(CC)c1cccc(C2(CN)CC2)c1. The second-order valence-electron chi connectivity index (χ2n) is 5.12. The first-order chi connectivity index (χ1) is 7.75. The second kappa shape index (κ2) is 4.58. The average molecular weight is 217 g/mol. The van der Waals surface area contributed by atoms with Crippen molar-refractivity contribution in [2.45, 2.75) is 50.9 Å². The van der Waals surface area contributed by atoms with Gasteiger partial charge < -0.3 is 5.73 Å². The van der Waals surface area contributed by atoms with Gasteiger partial charge in [-0.05, 0) is 42.7 Å². The molecule has 0 spiro atoms. The van der Waals surface area contributed by atoms with Gasteiger partial charge >= 0.3 is 0 Å². The monoisotopic (exact) mass is 217 g/mol. The van der Waals surface area contributed by atoms with Crippen LogP contribution >= 0.6 is 0 Å². The molecule has 0 saturated heterocycles. The van der Waals surface area contributed by atoms with Crippen LogP contribution in [0.5, 0.6) is 0 Å². The van der Waals surface area contributed by atoms with Crippen LogP contribution in [0.1, 0.15) is 56.6 Å². The van der Waals surface area contributed by atoms with Crippen LogP contribution in [0.3, 0.4) is 0 Å². The Morgan fingerprint density at radius 3 is 2.44 bits per heavy atom. The van der Waals surface area contributed by atoms with Gasteiger partial charge in [0.25, 0.3) is 0 Å². The van der Waals surface area contributed by atoms with Crippen molar-refractivity contribution >= 4 is 0 Å². The molecule has 0 aliphatic heterocycles. The molecular formula is C15H23N. The molecule has 1 aliphatic carbocycles. The highest BCUT2D eigenvalue weighted by Crippen LogP contribution is 2.47. The van der Waals surface area contributed by atoms with E-state index in [4.69, 9.17) is 5.73 Å². The van der Waals surface area contributed by atoms with Crippen LogP contribution < -0.4 is 5.73 Å². The Kier molecular flexibility index (Phi) is 3.34. The average Bonchev–Trinajstić information content (AvgIpc) is 3.12. The molecule has 1 saturated carbocycles. The van der Waals surface area contributed by atoms with Crippen molar-refractivity contribution in [3.8, 4) is 0 Å². The maximum atomic E-state index is 5.89. The van der Waals surface area contributed by atoms with Gasteiger partial charge in [0.15, 0.2) is 0 Å². The summed E-state index contributed by atoms with van der Waals surface area (Å²) in [6.07, 6.45) is 5.01. The summed E-state index contributed by atoms with van der Waals surface area (Å²) in [4.78, 5) is 0. The molecule has 1 fully saturated rings. The van der Waals surface area contributed by atoms with Crippen molar-refractivity contribution in [3.63, 3.8) is 0 Å². The van der Waals surface area contributed by atoms with Crippen molar-refractivity contribution in [3.05, 3.63) is 35.4 Å². The molecule has 0 bridgehead atoms. The molecule has 1 heteroatoms. The molecule has 16 heavy (non-hydrogen) atoms. The summed E-state index contributed by atoms with van der Waals surface area (Å²) < 4.78 is 0. The van der Waals surface area contributed by atoms with E-state index >= 15 is 0 Å². The Morgan fingerprint density at radius 1 is 1.25 bits per heavy atom. The van der Waals surface area contributed by atoms with Gasteiger partial charge in [-0.3, -0.25) is 0 Å². The largest absolute Gasteiger partial charge is 0.330 e. The molecule has 2 N–H and O–H groups in total. The Balaban J connectivity index is 2.26. The van der Waals surface area contributed by atoms with E-state index in [-0.39, 0.29) is 0 Å². The summed E-state index contributed by atoms with van der Waals surface area (Å²) in [6.45, 7) is 5.35. The van der Waals surface area contributed by atoms with Crippen molar-refractivity contribution in [1.29, 1.82) is 0 Å². The maximum absolute atomic E-state index is 5.89. The highest BCUT2D eigenvalue weighted by Gasteiger charge is 2.42. The lowest BCUT2D eigenvalue weighted by Gasteiger charge is -2.18. The number of benzene rings is 1. The summed E-state index contributed by atoms with van der Waals surface area (Å²) in [7, 11) is 0. The standard InChI is InChI=1S/C15H23N/c1-3-12(4-2)13-6-5-7-14(10-13)15(11-16)8-9-15/h5-7,10,12H,3-4,8-9,11,16H2,1-2H3. The predicted molar refractivity (Wildman–Crippen MR) is 69.7 cm³/mol. The second-order valence-corrected chi connectivity index (χ2v) is 5.12. The fourth-order valence-electron chi connectivity index (χ4n) is 2.64. The van der Waals surface area contributed by atoms with Gasteiger partial charge in [-0.1, -0.05) is 38.1 Å². The topological polar surface area (TPSA) is 26.0 Å². The van der Waals surface area contributed by atoms with Crippen LogP contribution in [0.15, 0.2) is 24.3 Å². The van der Waals surface area contributed by atoms with Gasteiger partial charge in [-0.15, -0.1) is 0 Å². The van der Waals surface area contributed by atoms with E-state index in [9.17, 15) is 0 Å². The zero-order valence-corrected chi connectivity index (χ0v) is 10.5. The van der Waals surface area contributed by atoms with Gasteiger partial charge in [0.1, 0.15) is 0 Å². The van der Waals surface area contributed by atoms with E-state index in [0.29, 0.717) is 11.3 Å². The number of nitrogens with two attached hydrogens (primary N) is 1. The number of hydrogen-bond acceptors (Lipinski definition) is 1. The summed E-state index contributed by atoms with van der Waals surface area (Å²) in [5.74, 6) is 0.716. The highest BCUT2D eigenvalue weighted by atomic mass is 14.7. The minimum absolute atomic E-state index is 0.335. The van der Waals surface area contributed by atoms with Crippen LogP contribution in [0, 0.1) is 0 Å². The smallest absolute Gasteiger partial charge is 0.00763 e. The minimum Gasteiger partial charge on any atom is -0.330 e. The fourth-order valence-corrected chi connectivity index (χ4v) is 2.64. The lowest BCUT2D eigenvalue weighted by atomic mass is 9.88. The lowest BCUT2D eigenvalue weighted by molar-refractivity contribution is 0.636. The van der Waals surface area contributed by atoms with Crippen LogP contribution in [0.25, 0.3) is 0 Å².